The summed E-state index contributed by atoms with van der Waals surface area (Å²) < 4.78 is 5.06. The number of ether oxygens (including phenoxy) is 1. The number of phenols is 1. The van der Waals surface area contributed by atoms with E-state index in [4.69, 9.17) is 4.74 Å². The molecule has 2 aromatic rings. The average Bonchev–Trinajstić information content (AvgIpc) is 2.63. The molecule has 3 rings (SSSR count). The van der Waals surface area contributed by atoms with Gasteiger partial charge < -0.3 is 9.84 Å². The Balaban J connectivity index is 1.96. The fourth-order valence-corrected chi connectivity index (χ4v) is 4.06. The number of aromatic hydroxyl groups is 1. The molecule has 0 amide bonds. The molecule has 2 aromatic carbocycles. The second-order valence-electron chi connectivity index (χ2n) is 9.11. The number of aryl methyl sites for hydroxylation is 1. The van der Waals surface area contributed by atoms with Crippen molar-refractivity contribution in [2.24, 2.45) is 0 Å². The maximum absolute atomic E-state index is 12.9. The number of hydrogen-bond donors (Lipinski definition) is 1. The predicted molar refractivity (Wildman–Crippen MR) is 114 cm³/mol. The Bertz CT molecular complexity index is 949. The Morgan fingerprint density at radius 1 is 1.04 bits per heavy atom. The zero-order valence-electron chi connectivity index (χ0n) is 17.7. The van der Waals surface area contributed by atoms with E-state index < -0.39 is 0 Å². The summed E-state index contributed by atoms with van der Waals surface area (Å²) in [5.74, 6) is 0.458. The lowest BCUT2D eigenvalue weighted by atomic mass is 9.62. The maximum atomic E-state index is 12.9. The number of carbonyl (C=O) groups is 1. The molecule has 148 valence electrons. The molecule has 28 heavy (non-hydrogen) atoms. The summed E-state index contributed by atoms with van der Waals surface area (Å²) in [4.78, 5) is 12.9. The quantitative estimate of drug-likeness (QED) is 0.528. The van der Waals surface area contributed by atoms with Gasteiger partial charge in [-0.25, -0.2) is 0 Å². The van der Waals surface area contributed by atoms with Crippen molar-refractivity contribution in [1.82, 2.24) is 0 Å². The molecule has 0 heterocycles. The zero-order chi connectivity index (χ0) is 20.7. The minimum atomic E-state index is -0.0187. The molecule has 0 atom stereocenters. The Hall–Kier alpha value is -2.55. The van der Waals surface area contributed by atoms with Gasteiger partial charge >= 0.3 is 0 Å². The van der Waals surface area contributed by atoms with Gasteiger partial charge in [-0.2, -0.15) is 0 Å². The molecule has 0 saturated heterocycles. The van der Waals surface area contributed by atoms with Gasteiger partial charge in [0.25, 0.3) is 0 Å². The summed E-state index contributed by atoms with van der Waals surface area (Å²) in [6.07, 6.45) is 5.58. The van der Waals surface area contributed by atoms with E-state index in [0.29, 0.717) is 5.75 Å². The largest absolute Gasteiger partial charge is 0.504 e. The molecule has 3 heteroatoms. The van der Waals surface area contributed by atoms with E-state index >= 15 is 0 Å². The molecule has 0 unspecified atom stereocenters. The normalized spacial score (nSPS) is 17.4. The number of fused-ring (bicyclic) bond motifs is 1. The van der Waals surface area contributed by atoms with Crippen molar-refractivity contribution < 1.29 is 14.6 Å². The summed E-state index contributed by atoms with van der Waals surface area (Å²) in [6, 6.07) is 9.40. The van der Waals surface area contributed by atoms with E-state index in [9.17, 15) is 9.90 Å². The SMILES string of the molecule is COc1ccc(/C=C/C(=O)c2cc3c(cc2C)C(C)(C)CCC3(C)C)cc1O. The number of rotatable bonds is 4. The van der Waals surface area contributed by atoms with Gasteiger partial charge in [0.1, 0.15) is 0 Å². The highest BCUT2D eigenvalue weighted by Gasteiger charge is 2.37. The molecule has 0 spiro atoms. The van der Waals surface area contributed by atoms with Crippen molar-refractivity contribution >= 4 is 11.9 Å². The highest BCUT2D eigenvalue weighted by molar-refractivity contribution is 6.08. The van der Waals surface area contributed by atoms with Crippen LogP contribution >= 0.6 is 0 Å². The van der Waals surface area contributed by atoms with E-state index in [1.54, 1.807) is 24.3 Å². The van der Waals surface area contributed by atoms with Gasteiger partial charge in [0.05, 0.1) is 7.11 Å². The van der Waals surface area contributed by atoms with Crippen molar-refractivity contribution in [1.29, 1.82) is 0 Å². The van der Waals surface area contributed by atoms with Gasteiger partial charge in [0.2, 0.25) is 0 Å². The fraction of sp³-hybridized carbons (Fsp3) is 0.400. The highest BCUT2D eigenvalue weighted by Crippen LogP contribution is 2.46. The van der Waals surface area contributed by atoms with Gasteiger partial charge in [-0.15, -0.1) is 0 Å². The smallest absolute Gasteiger partial charge is 0.186 e. The minimum Gasteiger partial charge on any atom is -0.504 e. The number of phenolic OH excluding ortho intramolecular Hbond substituents is 1. The van der Waals surface area contributed by atoms with Crippen LogP contribution in [0.5, 0.6) is 11.5 Å². The van der Waals surface area contributed by atoms with Crippen LogP contribution in [0, 0.1) is 6.92 Å². The topological polar surface area (TPSA) is 46.5 Å². The first kappa shape index (κ1) is 20.2. The number of benzene rings is 2. The van der Waals surface area contributed by atoms with Crippen LogP contribution in [0.3, 0.4) is 0 Å². The van der Waals surface area contributed by atoms with Crippen LogP contribution in [0.15, 0.2) is 36.4 Å². The molecule has 1 N–H and O–H groups in total. The van der Waals surface area contributed by atoms with Gasteiger partial charge in [0.15, 0.2) is 17.3 Å². The number of ketones is 1. The molecule has 0 aromatic heterocycles. The van der Waals surface area contributed by atoms with Crippen molar-refractivity contribution in [3.63, 3.8) is 0 Å². The van der Waals surface area contributed by atoms with Gasteiger partial charge in [-0.3, -0.25) is 4.79 Å². The first-order valence-corrected chi connectivity index (χ1v) is 9.80. The summed E-state index contributed by atoms with van der Waals surface area (Å²) in [5.41, 5.74) is 5.36. The summed E-state index contributed by atoms with van der Waals surface area (Å²) >= 11 is 0. The first-order valence-electron chi connectivity index (χ1n) is 9.80. The van der Waals surface area contributed by atoms with Crippen molar-refractivity contribution in [2.45, 2.75) is 58.3 Å². The predicted octanol–water partition coefficient (Wildman–Crippen LogP) is 5.95. The Kier molecular flexibility index (Phi) is 5.14. The Morgan fingerprint density at radius 3 is 2.21 bits per heavy atom. The highest BCUT2D eigenvalue weighted by atomic mass is 16.5. The number of carbonyl (C=O) groups excluding carboxylic acids is 1. The molecule has 0 saturated carbocycles. The standard InChI is InChI=1S/C25H30O3/c1-16-13-19-20(25(4,5)12-11-24(19,2)3)15-18(16)21(26)9-7-17-8-10-23(28-6)22(27)14-17/h7-10,13-15,27H,11-12H2,1-6H3/b9-7+. The second-order valence-corrected chi connectivity index (χ2v) is 9.11. The Labute approximate surface area is 168 Å². The third-order valence-corrected chi connectivity index (χ3v) is 6.09. The molecule has 3 nitrogen and oxygen atoms in total. The first-order chi connectivity index (χ1) is 13.0. The third-order valence-electron chi connectivity index (χ3n) is 6.09. The summed E-state index contributed by atoms with van der Waals surface area (Å²) in [6.45, 7) is 11.1. The van der Waals surface area contributed by atoms with E-state index in [-0.39, 0.29) is 22.4 Å². The lowest BCUT2D eigenvalue weighted by Gasteiger charge is -2.42. The molecular weight excluding hydrogens is 348 g/mol. The summed E-state index contributed by atoms with van der Waals surface area (Å²) in [5, 5.41) is 9.91. The number of methoxy groups -OCH3 is 1. The Morgan fingerprint density at radius 2 is 1.64 bits per heavy atom. The van der Waals surface area contributed by atoms with Crippen LogP contribution in [0.1, 0.15) is 73.1 Å². The van der Waals surface area contributed by atoms with Crippen molar-refractivity contribution in [2.75, 3.05) is 7.11 Å². The maximum Gasteiger partial charge on any atom is 0.186 e. The van der Waals surface area contributed by atoms with Crippen LogP contribution in [0.2, 0.25) is 0 Å². The lowest BCUT2D eigenvalue weighted by molar-refractivity contribution is 0.104. The van der Waals surface area contributed by atoms with Crippen LogP contribution in [0.4, 0.5) is 0 Å². The molecular formula is C25H30O3. The van der Waals surface area contributed by atoms with Crippen LogP contribution in [0.25, 0.3) is 6.08 Å². The van der Waals surface area contributed by atoms with Gasteiger partial charge in [-0.1, -0.05) is 45.9 Å². The molecule has 0 bridgehead atoms. The third kappa shape index (κ3) is 3.71. The van der Waals surface area contributed by atoms with Gasteiger partial charge in [-0.05, 0) is 77.1 Å². The van der Waals surface area contributed by atoms with Crippen LogP contribution < -0.4 is 4.74 Å². The second kappa shape index (κ2) is 7.12. The van der Waals surface area contributed by atoms with E-state index in [2.05, 4.69) is 39.8 Å². The van der Waals surface area contributed by atoms with Crippen molar-refractivity contribution in [3.05, 3.63) is 64.2 Å². The molecule has 0 fully saturated rings. The zero-order valence-corrected chi connectivity index (χ0v) is 17.7. The van der Waals surface area contributed by atoms with E-state index in [1.807, 2.05) is 13.0 Å². The minimum absolute atomic E-state index is 0.0187. The lowest BCUT2D eigenvalue weighted by Crippen LogP contribution is -2.34. The van der Waals surface area contributed by atoms with Gasteiger partial charge in [0, 0.05) is 5.56 Å². The van der Waals surface area contributed by atoms with Crippen molar-refractivity contribution in [3.8, 4) is 11.5 Å². The average molecular weight is 379 g/mol. The van der Waals surface area contributed by atoms with Crippen LogP contribution in [-0.4, -0.2) is 18.0 Å². The molecule has 0 radical (unpaired) electrons. The molecule has 0 aliphatic heterocycles. The number of allylic oxidation sites excluding steroid dienone is 1. The fourth-order valence-electron chi connectivity index (χ4n) is 4.06. The van der Waals surface area contributed by atoms with Crippen LogP contribution in [-0.2, 0) is 10.8 Å². The molecule has 1 aliphatic rings. The summed E-state index contributed by atoms with van der Waals surface area (Å²) in [7, 11) is 1.51. The van der Waals surface area contributed by atoms with E-state index in [0.717, 1.165) is 29.5 Å². The molecule has 1 aliphatic carbocycles. The number of hydrogen-bond acceptors (Lipinski definition) is 3. The van der Waals surface area contributed by atoms with E-state index in [1.165, 1.54) is 18.2 Å². The monoisotopic (exact) mass is 378 g/mol.